The number of aromatic nitrogens is 2. The molecule has 0 saturated heterocycles. The summed E-state index contributed by atoms with van der Waals surface area (Å²) >= 11 is 0. The van der Waals surface area contributed by atoms with Crippen LogP contribution in [0, 0.1) is 26.6 Å². The number of hydrogen-bond donors (Lipinski definition) is 1. The number of benzene rings is 1. The van der Waals surface area contributed by atoms with E-state index in [9.17, 15) is 9.18 Å². The highest BCUT2D eigenvalue weighted by atomic mass is 19.1. The molecule has 1 aliphatic rings. The van der Waals surface area contributed by atoms with E-state index in [1.54, 1.807) is 6.07 Å². The van der Waals surface area contributed by atoms with Crippen LogP contribution in [0.2, 0.25) is 0 Å². The minimum absolute atomic E-state index is 0.0786. The number of nitrogens with zero attached hydrogens (tertiary/aromatic N) is 1. The van der Waals surface area contributed by atoms with Crippen molar-refractivity contribution in [2.24, 2.45) is 0 Å². The molecule has 0 amide bonds. The summed E-state index contributed by atoms with van der Waals surface area (Å²) in [5.41, 5.74) is 8.04. The molecule has 1 aliphatic carbocycles. The smallest absolute Gasteiger partial charge is 0.251 e. The Morgan fingerprint density at radius 1 is 1.08 bits per heavy atom. The van der Waals surface area contributed by atoms with Crippen molar-refractivity contribution >= 4 is 10.9 Å². The molecule has 0 atom stereocenters. The van der Waals surface area contributed by atoms with Crippen molar-refractivity contribution in [2.75, 3.05) is 0 Å². The zero-order valence-corrected chi connectivity index (χ0v) is 15.7. The van der Waals surface area contributed by atoms with Crippen LogP contribution in [0.1, 0.15) is 46.7 Å². The van der Waals surface area contributed by atoms with Crippen molar-refractivity contribution in [3.05, 3.63) is 61.7 Å². The summed E-state index contributed by atoms with van der Waals surface area (Å²) in [6, 6.07) is 3.55. The summed E-state index contributed by atoms with van der Waals surface area (Å²) < 4.78 is 14.4. The Morgan fingerprint density at radius 2 is 1.77 bits per heavy atom. The molecule has 4 rings (SSSR count). The van der Waals surface area contributed by atoms with Crippen LogP contribution in [0.5, 0.6) is 0 Å². The van der Waals surface area contributed by atoms with Gasteiger partial charge in [0.1, 0.15) is 5.82 Å². The predicted octanol–water partition coefficient (Wildman–Crippen LogP) is 4.71. The van der Waals surface area contributed by atoms with Crippen LogP contribution in [0.15, 0.2) is 16.9 Å². The van der Waals surface area contributed by atoms with E-state index < -0.39 is 0 Å². The van der Waals surface area contributed by atoms with Crippen LogP contribution >= 0.6 is 0 Å². The molecule has 0 unspecified atom stereocenters. The van der Waals surface area contributed by atoms with Crippen LogP contribution in [0.25, 0.3) is 22.3 Å². The average Bonchev–Trinajstić information content (AvgIpc) is 2.64. The van der Waals surface area contributed by atoms with E-state index >= 15 is 0 Å². The first-order chi connectivity index (χ1) is 12.4. The van der Waals surface area contributed by atoms with Crippen LogP contribution in [-0.2, 0) is 19.3 Å². The van der Waals surface area contributed by atoms with Gasteiger partial charge in [-0.2, -0.15) is 0 Å². The van der Waals surface area contributed by atoms with Gasteiger partial charge in [-0.1, -0.05) is 6.92 Å². The predicted molar refractivity (Wildman–Crippen MR) is 103 cm³/mol. The largest absolute Gasteiger partial charge is 0.320 e. The SMILES string of the molecule is CCc1cc(-c2nc3cc(F)c(C)c4c3c(c2C)CCC4)[nH]c(=O)c1C. The van der Waals surface area contributed by atoms with Gasteiger partial charge < -0.3 is 4.98 Å². The van der Waals surface area contributed by atoms with Gasteiger partial charge in [0.15, 0.2) is 0 Å². The molecule has 0 saturated carbocycles. The van der Waals surface area contributed by atoms with E-state index in [-0.39, 0.29) is 11.4 Å². The number of aromatic amines is 1. The van der Waals surface area contributed by atoms with E-state index in [0.29, 0.717) is 5.52 Å². The highest BCUT2D eigenvalue weighted by Gasteiger charge is 2.22. The van der Waals surface area contributed by atoms with E-state index in [2.05, 4.69) is 11.9 Å². The maximum absolute atomic E-state index is 14.4. The lowest BCUT2D eigenvalue weighted by molar-refractivity contribution is 0.615. The van der Waals surface area contributed by atoms with Gasteiger partial charge in [-0.25, -0.2) is 9.37 Å². The second kappa shape index (κ2) is 6.04. The number of halogens is 1. The zero-order chi connectivity index (χ0) is 18.6. The Kier molecular flexibility index (Phi) is 3.94. The number of pyridine rings is 2. The lowest BCUT2D eigenvalue weighted by Gasteiger charge is -2.23. The molecule has 0 spiro atoms. The fourth-order valence-electron chi connectivity index (χ4n) is 4.25. The van der Waals surface area contributed by atoms with Gasteiger partial charge >= 0.3 is 0 Å². The monoisotopic (exact) mass is 350 g/mol. The van der Waals surface area contributed by atoms with E-state index in [0.717, 1.165) is 70.3 Å². The number of rotatable bonds is 2. The first-order valence-electron chi connectivity index (χ1n) is 9.26. The Hall–Kier alpha value is -2.49. The van der Waals surface area contributed by atoms with E-state index in [4.69, 9.17) is 4.98 Å². The van der Waals surface area contributed by atoms with E-state index in [1.807, 2.05) is 26.8 Å². The van der Waals surface area contributed by atoms with Crippen molar-refractivity contribution in [3.63, 3.8) is 0 Å². The minimum atomic E-state index is -0.200. The number of H-pyrrole nitrogens is 1. The molecule has 0 aliphatic heterocycles. The highest BCUT2D eigenvalue weighted by molar-refractivity contribution is 5.91. The second-order valence-electron chi connectivity index (χ2n) is 7.29. The molecule has 0 bridgehead atoms. The molecule has 3 aromatic rings. The molecular weight excluding hydrogens is 327 g/mol. The Balaban J connectivity index is 2.08. The van der Waals surface area contributed by atoms with Crippen molar-refractivity contribution in [2.45, 2.75) is 53.4 Å². The molecule has 134 valence electrons. The zero-order valence-electron chi connectivity index (χ0n) is 15.7. The van der Waals surface area contributed by atoms with Gasteiger partial charge in [0.2, 0.25) is 0 Å². The third-order valence-corrected chi connectivity index (χ3v) is 5.85. The maximum atomic E-state index is 14.4. The van der Waals surface area contributed by atoms with E-state index in [1.165, 1.54) is 5.56 Å². The first kappa shape index (κ1) is 17.0. The standard InChI is InChI=1S/C22H23FN2O/c1-5-14-9-19(25-22(26)11(14)2)21-13(4)16-8-6-7-15-12(3)17(23)10-18(24-21)20(15)16/h9-10H,5-8H2,1-4H3,(H,25,26). The van der Waals surface area contributed by atoms with Gasteiger partial charge in [-0.15, -0.1) is 0 Å². The molecule has 1 aromatic carbocycles. The Labute approximate surface area is 152 Å². The average molecular weight is 350 g/mol. The molecule has 2 heterocycles. The lowest BCUT2D eigenvalue weighted by atomic mass is 9.84. The van der Waals surface area contributed by atoms with Gasteiger partial charge in [-0.05, 0) is 80.3 Å². The summed E-state index contributed by atoms with van der Waals surface area (Å²) in [4.78, 5) is 20.1. The number of aryl methyl sites for hydroxylation is 3. The van der Waals surface area contributed by atoms with Crippen LogP contribution < -0.4 is 5.56 Å². The molecule has 2 aromatic heterocycles. The summed E-state index contributed by atoms with van der Waals surface area (Å²) in [6.45, 7) is 7.80. The maximum Gasteiger partial charge on any atom is 0.251 e. The normalized spacial score (nSPS) is 13.4. The van der Waals surface area contributed by atoms with Crippen molar-refractivity contribution in [1.29, 1.82) is 0 Å². The van der Waals surface area contributed by atoms with Gasteiger partial charge in [0.05, 0.1) is 16.9 Å². The molecule has 4 heteroatoms. The van der Waals surface area contributed by atoms with Gasteiger partial charge in [0.25, 0.3) is 5.56 Å². The molecule has 26 heavy (non-hydrogen) atoms. The quantitative estimate of drug-likeness (QED) is 0.728. The molecule has 3 nitrogen and oxygen atoms in total. The highest BCUT2D eigenvalue weighted by Crippen LogP contribution is 2.37. The summed E-state index contributed by atoms with van der Waals surface area (Å²) in [6.07, 6.45) is 3.67. The van der Waals surface area contributed by atoms with Crippen LogP contribution in [0.4, 0.5) is 4.39 Å². The van der Waals surface area contributed by atoms with Gasteiger partial charge in [0, 0.05) is 17.0 Å². The Bertz CT molecular complexity index is 1110. The lowest BCUT2D eigenvalue weighted by Crippen LogP contribution is -2.15. The minimum Gasteiger partial charge on any atom is -0.320 e. The Morgan fingerprint density at radius 3 is 2.46 bits per heavy atom. The molecule has 0 fully saturated rings. The summed E-state index contributed by atoms with van der Waals surface area (Å²) in [5.74, 6) is -0.200. The third kappa shape index (κ3) is 2.39. The summed E-state index contributed by atoms with van der Waals surface area (Å²) in [5, 5.41) is 1.11. The summed E-state index contributed by atoms with van der Waals surface area (Å²) in [7, 11) is 0. The van der Waals surface area contributed by atoms with Crippen LogP contribution in [0.3, 0.4) is 0 Å². The molecule has 1 N–H and O–H groups in total. The molecular formula is C22H23FN2O. The second-order valence-corrected chi connectivity index (χ2v) is 7.29. The van der Waals surface area contributed by atoms with Crippen molar-refractivity contribution in [3.8, 4) is 11.4 Å². The third-order valence-electron chi connectivity index (χ3n) is 5.85. The number of nitrogens with one attached hydrogen (secondary N) is 1. The topological polar surface area (TPSA) is 45.8 Å². The van der Waals surface area contributed by atoms with Crippen LogP contribution in [-0.4, -0.2) is 9.97 Å². The fourth-order valence-corrected chi connectivity index (χ4v) is 4.25. The number of hydrogen-bond acceptors (Lipinski definition) is 2. The molecule has 0 radical (unpaired) electrons. The van der Waals surface area contributed by atoms with Crippen molar-refractivity contribution in [1.82, 2.24) is 9.97 Å². The van der Waals surface area contributed by atoms with Crippen molar-refractivity contribution < 1.29 is 4.39 Å². The van der Waals surface area contributed by atoms with Gasteiger partial charge in [-0.3, -0.25) is 4.79 Å². The fraction of sp³-hybridized carbons (Fsp3) is 0.364. The first-order valence-corrected chi connectivity index (χ1v) is 9.26.